The van der Waals surface area contributed by atoms with E-state index in [-0.39, 0.29) is 0 Å². The molecule has 0 aliphatic carbocycles. The zero-order chi connectivity index (χ0) is 10.6. The first-order chi connectivity index (χ1) is 6.65. The Morgan fingerprint density at radius 1 is 1.57 bits per heavy atom. The van der Waals surface area contributed by atoms with Gasteiger partial charge >= 0.3 is 0 Å². The Labute approximate surface area is 88.7 Å². The molecule has 0 saturated carbocycles. The summed E-state index contributed by atoms with van der Waals surface area (Å²) in [5.74, 6) is 5.52. The van der Waals surface area contributed by atoms with E-state index >= 15 is 0 Å². The first-order valence-electron chi connectivity index (χ1n) is 4.27. The van der Waals surface area contributed by atoms with Gasteiger partial charge in [0, 0.05) is 22.7 Å². The van der Waals surface area contributed by atoms with Crippen LogP contribution in [0.25, 0.3) is 0 Å². The fraction of sp³-hybridized carbons (Fsp3) is 0.273. The van der Waals surface area contributed by atoms with Crippen molar-refractivity contribution in [2.45, 2.75) is 19.4 Å². The summed E-state index contributed by atoms with van der Waals surface area (Å²) in [4.78, 5) is 0. The number of nitrogen functional groups attached to an aromatic ring is 1. The minimum Gasteiger partial charge on any atom is -0.398 e. The summed E-state index contributed by atoms with van der Waals surface area (Å²) in [6, 6.07) is 5.05. The number of aliphatic hydroxyl groups excluding tert-OH is 1. The molecule has 14 heavy (non-hydrogen) atoms. The Hall–Kier alpha value is -1.17. The van der Waals surface area contributed by atoms with E-state index < -0.39 is 6.10 Å². The van der Waals surface area contributed by atoms with Crippen LogP contribution in [-0.4, -0.2) is 5.11 Å². The minimum atomic E-state index is -0.639. The van der Waals surface area contributed by atoms with Crippen molar-refractivity contribution in [3.05, 3.63) is 28.8 Å². The normalized spacial score (nSPS) is 11.6. The van der Waals surface area contributed by atoms with Gasteiger partial charge < -0.3 is 10.8 Å². The lowest BCUT2D eigenvalue weighted by Crippen LogP contribution is -2.01. The monoisotopic (exact) mass is 209 g/mol. The molecule has 74 valence electrons. The molecule has 1 aromatic carbocycles. The van der Waals surface area contributed by atoms with Gasteiger partial charge in [-0.25, -0.2) is 0 Å². The number of rotatable bonds is 2. The van der Waals surface area contributed by atoms with Crippen molar-refractivity contribution in [1.82, 2.24) is 0 Å². The van der Waals surface area contributed by atoms with E-state index in [0.29, 0.717) is 22.7 Å². The molecule has 3 heteroatoms. The lowest BCUT2D eigenvalue weighted by atomic mass is 10.1. The molecule has 1 unspecified atom stereocenters. The number of halogens is 1. The molecule has 0 aliphatic rings. The van der Waals surface area contributed by atoms with Crippen LogP contribution in [-0.2, 0) is 0 Å². The average Bonchev–Trinajstić information content (AvgIpc) is 2.14. The van der Waals surface area contributed by atoms with Crippen LogP contribution in [0.1, 0.15) is 25.0 Å². The highest BCUT2D eigenvalue weighted by Crippen LogP contribution is 2.25. The fourth-order valence-electron chi connectivity index (χ4n) is 1.16. The third kappa shape index (κ3) is 2.66. The summed E-state index contributed by atoms with van der Waals surface area (Å²) >= 11 is 5.74. The van der Waals surface area contributed by atoms with E-state index in [1.807, 2.05) is 0 Å². The van der Waals surface area contributed by atoms with E-state index in [4.69, 9.17) is 17.3 Å². The smallest absolute Gasteiger partial charge is 0.0919 e. The van der Waals surface area contributed by atoms with Crippen molar-refractivity contribution in [3.63, 3.8) is 0 Å². The molecule has 2 nitrogen and oxygen atoms in total. The molecule has 0 saturated heterocycles. The van der Waals surface area contributed by atoms with E-state index in [1.165, 1.54) is 0 Å². The first-order valence-corrected chi connectivity index (χ1v) is 4.65. The molecular formula is C11H12ClNO. The number of aliphatic hydroxyl groups is 1. The summed E-state index contributed by atoms with van der Waals surface area (Å²) < 4.78 is 0. The van der Waals surface area contributed by atoms with Gasteiger partial charge in [-0.3, -0.25) is 0 Å². The third-order valence-electron chi connectivity index (χ3n) is 1.88. The molecule has 0 aliphatic heterocycles. The second-order valence-electron chi connectivity index (χ2n) is 2.92. The molecule has 0 heterocycles. The molecule has 0 amide bonds. The molecule has 0 radical (unpaired) electrons. The SMILES string of the molecule is CC#CCC(O)c1ccc(Cl)cc1N. The van der Waals surface area contributed by atoms with Gasteiger partial charge in [0.05, 0.1) is 6.10 Å². The van der Waals surface area contributed by atoms with Crippen LogP contribution >= 0.6 is 11.6 Å². The van der Waals surface area contributed by atoms with Crippen molar-refractivity contribution in [2.24, 2.45) is 0 Å². The van der Waals surface area contributed by atoms with Gasteiger partial charge in [-0.15, -0.1) is 11.8 Å². The molecule has 1 aromatic rings. The Balaban J connectivity index is 2.88. The maximum absolute atomic E-state index is 9.70. The van der Waals surface area contributed by atoms with Gasteiger partial charge in [-0.05, 0) is 19.1 Å². The Kier molecular flexibility index (Phi) is 3.82. The molecule has 0 fully saturated rings. The topological polar surface area (TPSA) is 46.2 Å². The molecule has 0 aromatic heterocycles. The van der Waals surface area contributed by atoms with Crippen molar-refractivity contribution in [1.29, 1.82) is 0 Å². The van der Waals surface area contributed by atoms with E-state index in [0.717, 1.165) is 0 Å². The van der Waals surface area contributed by atoms with Crippen LogP contribution in [0.3, 0.4) is 0 Å². The van der Waals surface area contributed by atoms with E-state index in [2.05, 4.69) is 11.8 Å². The summed E-state index contributed by atoms with van der Waals surface area (Å²) in [6.07, 6.45) is -0.248. The lowest BCUT2D eigenvalue weighted by Gasteiger charge is -2.10. The predicted octanol–water partition coefficient (Wildman–Crippen LogP) is 2.37. The van der Waals surface area contributed by atoms with Gasteiger partial charge in [0.1, 0.15) is 0 Å². The van der Waals surface area contributed by atoms with E-state index in [9.17, 15) is 5.11 Å². The Morgan fingerprint density at radius 2 is 2.29 bits per heavy atom. The summed E-state index contributed by atoms with van der Waals surface area (Å²) in [5, 5.41) is 10.3. The van der Waals surface area contributed by atoms with Crippen molar-refractivity contribution in [2.75, 3.05) is 5.73 Å². The highest BCUT2D eigenvalue weighted by atomic mass is 35.5. The molecule has 0 spiro atoms. The van der Waals surface area contributed by atoms with Gasteiger partial charge in [-0.2, -0.15) is 0 Å². The summed E-state index contributed by atoms with van der Waals surface area (Å²) in [6.45, 7) is 1.73. The molecule has 1 atom stereocenters. The second-order valence-corrected chi connectivity index (χ2v) is 3.36. The molecule has 0 bridgehead atoms. The molecule has 1 rings (SSSR count). The van der Waals surface area contributed by atoms with E-state index in [1.54, 1.807) is 25.1 Å². The predicted molar refractivity (Wildman–Crippen MR) is 58.9 cm³/mol. The minimum absolute atomic E-state index is 0.391. The van der Waals surface area contributed by atoms with Gasteiger partial charge in [0.15, 0.2) is 0 Å². The fourth-order valence-corrected chi connectivity index (χ4v) is 1.34. The summed E-state index contributed by atoms with van der Waals surface area (Å²) in [5.41, 5.74) is 6.88. The first kappa shape index (κ1) is 10.9. The lowest BCUT2D eigenvalue weighted by molar-refractivity contribution is 0.185. The maximum Gasteiger partial charge on any atom is 0.0919 e. The zero-order valence-electron chi connectivity index (χ0n) is 7.92. The number of nitrogens with two attached hydrogens (primary N) is 1. The quantitative estimate of drug-likeness (QED) is 0.580. The van der Waals surface area contributed by atoms with Crippen molar-refractivity contribution < 1.29 is 5.11 Å². The van der Waals surface area contributed by atoms with Crippen LogP contribution in [0.2, 0.25) is 5.02 Å². The van der Waals surface area contributed by atoms with Crippen LogP contribution in [0, 0.1) is 11.8 Å². The standard InChI is InChI=1S/C11H12ClNO/c1-2-3-4-11(14)9-6-5-8(12)7-10(9)13/h5-7,11,14H,4,13H2,1H3. The van der Waals surface area contributed by atoms with Crippen LogP contribution in [0.15, 0.2) is 18.2 Å². The van der Waals surface area contributed by atoms with Crippen molar-refractivity contribution in [3.8, 4) is 11.8 Å². The number of benzene rings is 1. The van der Waals surface area contributed by atoms with Crippen LogP contribution in [0.5, 0.6) is 0 Å². The average molecular weight is 210 g/mol. The van der Waals surface area contributed by atoms with Crippen LogP contribution in [0.4, 0.5) is 5.69 Å². The highest BCUT2D eigenvalue weighted by molar-refractivity contribution is 6.30. The number of hydrogen-bond donors (Lipinski definition) is 2. The number of anilines is 1. The Morgan fingerprint density at radius 3 is 2.86 bits per heavy atom. The van der Waals surface area contributed by atoms with Crippen molar-refractivity contribution >= 4 is 17.3 Å². The third-order valence-corrected chi connectivity index (χ3v) is 2.12. The van der Waals surface area contributed by atoms with Crippen LogP contribution < -0.4 is 5.73 Å². The number of hydrogen-bond acceptors (Lipinski definition) is 2. The highest BCUT2D eigenvalue weighted by Gasteiger charge is 2.09. The zero-order valence-corrected chi connectivity index (χ0v) is 8.67. The largest absolute Gasteiger partial charge is 0.398 e. The van der Waals surface area contributed by atoms with Gasteiger partial charge in [0.2, 0.25) is 0 Å². The van der Waals surface area contributed by atoms with Gasteiger partial charge in [0.25, 0.3) is 0 Å². The Bertz CT molecular complexity index is 379. The molecule has 3 N–H and O–H groups in total. The molecular weight excluding hydrogens is 198 g/mol. The van der Waals surface area contributed by atoms with Gasteiger partial charge in [-0.1, -0.05) is 17.7 Å². The summed E-state index contributed by atoms with van der Waals surface area (Å²) in [7, 11) is 0. The maximum atomic E-state index is 9.70. The second kappa shape index (κ2) is 4.90.